The second-order valence-electron chi connectivity index (χ2n) is 5.97. The van der Waals surface area contributed by atoms with Crippen LogP contribution in [0.2, 0.25) is 0 Å². The van der Waals surface area contributed by atoms with Crippen LogP contribution in [0.5, 0.6) is 11.5 Å². The highest BCUT2D eigenvalue weighted by Gasteiger charge is 2.26. The summed E-state index contributed by atoms with van der Waals surface area (Å²) < 4.78 is 10.7. The van der Waals surface area contributed by atoms with E-state index < -0.39 is 0 Å². The lowest BCUT2D eigenvalue weighted by Gasteiger charge is -2.33. The van der Waals surface area contributed by atoms with E-state index in [0.29, 0.717) is 5.41 Å². The molecule has 1 aromatic heterocycles. The Morgan fingerprint density at radius 3 is 2.60 bits per heavy atom. The van der Waals surface area contributed by atoms with Crippen molar-refractivity contribution in [1.82, 2.24) is 10.3 Å². The lowest BCUT2D eigenvalue weighted by atomic mass is 9.76. The van der Waals surface area contributed by atoms with Crippen LogP contribution in [0.4, 0.5) is 0 Å². The first kappa shape index (κ1) is 15.1. The second kappa shape index (κ2) is 6.93. The minimum absolute atomic E-state index is 0.435. The van der Waals surface area contributed by atoms with E-state index in [-0.39, 0.29) is 0 Å². The molecule has 0 radical (unpaired) electrons. The van der Waals surface area contributed by atoms with Crippen molar-refractivity contribution in [2.45, 2.75) is 45.6 Å². The summed E-state index contributed by atoms with van der Waals surface area (Å²) >= 11 is 0. The van der Waals surface area contributed by atoms with Crippen LogP contribution in [0, 0.1) is 5.41 Å². The summed E-state index contributed by atoms with van der Waals surface area (Å²) in [6, 6.07) is 1.82. The number of pyridine rings is 1. The van der Waals surface area contributed by atoms with Gasteiger partial charge in [0.2, 0.25) is 0 Å². The van der Waals surface area contributed by atoms with Crippen molar-refractivity contribution < 1.29 is 9.47 Å². The van der Waals surface area contributed by atoms with Crippen LogP contribution in [0.1, 0.15) is 44.7 Å². The van der Waals surface area contributed by atoms with E-state index in [4.69, 9.17) is 9.47 Å². The molecule has 1 saturated carbocycles. The number of hydrogen-bond donors (Lipinski definition) is 1. The van der Waals surface area contributed by atoms with Gasteiger partial charge in [0.25, 0.3) is 0 Å². The predicted octanol–water partition coefficient (Wildman–Crippen LogP) is 3.16. The Labute approximate surface area is 121 Å². The highest BCUT2D eigenvalue weighted by atomic mass is 16.5. The van der Waals surface area contributed by atoms with Gasteiger partial charge in [-0.05, 0) is 18.3 Å². The van der Waals surface area contributed by atoms with E-state index in [1.54, 1.807) is 20.4 Å². The average molecular weight is 278 g/mol. The Hall–Kier alpha value is -1.29. The molecule has 0 atom stereocenters. The highest BCUT2D eigenvalue weighted by Crippen LogP contribution is 2.35. The molecule has 1 aliphatic rings. The molecule has 1 N–H and O–H groups in total. The number of rotatable bonds is 6. The van der Waals surface area contributed by atoms with Gasteiger partial charge < -0.3 is 14.8 Å². The monoisotopic (exact) mass is 278 g/mol. The van der Waals surface area contributed by atoms with Gasteiger partial charge in [-0.25, -0.2) is 0 Å². The second-order valence-corrected chi connectivity index (χ2v) is 5.97. The van der Waals surface area contributed by atoms with E-state index >= 15 is 0 Å². The van der Waals surface area contributed by atoms with Gasteiger partial charge in [-0.3, -0.25) is 4.98 Å². The zero-order valence-electron chi connectivity index (χ0n) is 12.9. The number of nitrogens with one attached hydrogen (secondary N) is 1. The molecule has 0 aromatic carbocycles. The number of ether oxygens (including phenoxy) is 2. The quantitative estimate of drug-likeness (QED) is 0.868. The number of hydrogen-bond acceptors (Lipinski definition) is 4. The molecule has 1 fully saturated rings. The molecule has 2 rings (SSSR count). The number of aromatic nitrogens is 1. The smallest absolute Gasteiger partial charge is 0.183 e. The summed E-state index contributed by atoms with van der Waals surface area (Å²) in [4.78, 5) is 4.40. The standard InChI is InChI=1S/C16H26N2O2/c1-16(8-5-4-6-9-16)12-17-11-13-15(20-3)14(19-2)7-10-18-13/h7,10,17H,4-6,8-9,11-12H2,1-3H3. The van der Waals surface area contributed by atoms with Gasteiger partial charge >= 0.3 is 0 Å². The zero-order chi connectivity index (χ0) is 14.4. The molecule has 0 saturated heterocycles. The molecular formula is C16H26N2O2. The van der Waals surface area contributed by atoms with Crippen LogP contribution in [0.15, 0.2) is 12.3 Å². The molecule has 1 aromatic rings. The third-order valence-electron chi connectivity index (χ3n) is 4.27. The Morgan fingerprint density at radius 2 is 1.95 bits per heavy atom. The largest absolute Gasteiger partial charge is 0.493 e. The molecule has 4 heteroatoms. The van der Waals surface area contributed by atoms with Crippen molar-refractivity contribution >= 4 is 0 Å². The minimum Gasteiger partial charge on any atom is -0.493 e. The summed E-state index contributed by atoms with van der Waals surface area (Å²) in [5, 5.41) is 3.54. The van der Waals surface area contributed by atoms with Gasteiger partial charge in [0, 0.05) is 25.4 Å². The molecule has 20 heavy (non-hydrogen) atoms. The van der Waals surface area contributed by atoms with Gasteiger partial charge in [0.1, 0.15) is 0 Å². The van der Waals surface area contributed by atoms with Gasteiger partial charge in [-0.2, -0.15) is 0 Å². The van der Waals surface area contributed by atoms with Crippen LogP contribution in [0.3, 0.4) is 0 Å². The van der Waals surface area contributed by atoms with E-state index in [1.165, 1.54) is 32.1 Å². The summed E-state index contributed by atoms with van der Waals surface area (Å²) in [5.41, 5.74) is 1.34. The van der Waals surface area contributed by atoms with Gasteiger partial charge in [-0.1, -0.05) is 26.2 Å². The van der Waals surface area contributed by atoms with E-state index in [0.717, 1.165) is 30.3 Å². The molecule has 0 bridgehead atoms. The molecule has 0 amide bonds. The van der Waals surface area contributed by atoms with Crippen molar-refractivity contribution in [2.75, 3.05) is 20.8 Å². The first-order valence-electron chi connectivity index (χ1n) is 7.45. The Kier molecular flexibility index (Phi) is 5.24. The van der Waals surface area contributed by atoms with Crippen LogP contribution >= 0.6 is 0 Å². The maximum atomic E-state index is 5.41. The van der Waals surface area contributed by atoms with Crippen molar-refractivity contribution in [3.8, 4) is 11.5 Å². The van der Waals surface area contributed by atoms with Gasteiger partial charge in [0.15, 0.2) is 11.5 Å². The molecule has 0 aliphatic heterocycles. The van der Waals surface area contributed by atoms with E-state index in [9.17, 15) is 0 Å². The Morgan fingerprint density at radius 1 is 1.20 bits per heavy atom. The summed E-state index contributed by atoms with van der Waals surface area (Å²) in [6.45, 7) is 4.14. The maximum Gasteiger partial charge on any atom is 0.183 e. The summed E-state index contributed by atoms with van der Waals surface area (Å²) in [6.07, 6.45) is 8.52. The van der Waals surface area contributed by atoms with Crippen LogP contribution in [-0.2, 0) is 6.54 Å². The van der Waals surface area contributed by atoms with Crippen molar-refractivity contribution in [3.63, 3.8) is 0 Å². The fourth-order valence-electron chi connectivity index (χ4n) is 3.04. The maximum absolute atomic E-state index is 5.41. The van der Waals surface area contributed by atoms with Crippen LogP contribution < -0.4 is 14.8 Å². The first-order valence-corrected chi connectivity index (χ1v) is 7.45. The predicted molar refractivity (Wildman–Crippen MR) is 80.2 cm³/mol. The Bertz CT molecular complexity index is 428. The average Bonchev–Trinajstić information content (AvgIpc) is 2.47. The molecule has 0 spiro atoms. The fraction of sp³-hybridized carbons (Fsp3) is 0.688. The molecule has 112 valence electrons. The first-order chi connectivity index (χ1) is 9.68. The van der Waals surface area contributed by atoms with E-state index in [2.05, 4.69) is 17.2 Å². The molecular weight excluding hydrogens is 252 g/mol. The number of nitrogens with zero attached hydrogens (tertiary/aromatic N) is 1. The molecule has 1 aliphatic carbocycles. The summed E-state index contributed by atoms with van der Waals surface area (Å²) in [5.74, 6) is 1.47. The number of methoxy groups -OCH3 is 2. The van der Waals surface area contributed by atoms with Crippen molar-refractivity contribution in [3.05, 3.63) is 18.0 Å². The zero-order valence-corrected chi connectivity index (χ0v) is 12.9. The Balaban J connectivity index is 1.93. The minimum atomic E-state index is 0.435. The fourth-order valence-corrected chi connectivity index (χ4v) is 3.04. The third kappa shape index (κ3) is 3.63. The van der Waals surface area contributed by atoms with Crippen molar-refractivity contribution in [1.29, 1.82) is 0 Å². The van der Waals surface area contributed by atoms with Crippen LogP contribution in [-0.4, -0.2) is 25.7 Å². The van der Waals surface area contributed by atoms with Gasteiger partial charge in [-0.15, -0.1) is 0 Å². The SMILES string of the molecule is COc1ccnc(CNCC2(C)CCCCC2)c1OC. The highest BCUT2D eigenvalue weighted by molar-refractivity contribution is 5.42. The summed E-state index contributed by atoms with van der Waals surface area (Å²) in [7, 11) is 3.31. The van der Waals surface area contributed by atoms with Crippen LogP contribution in [0.25, 0.3) is 0 Å². The lowest BCUT2D eigenvalue weighted by molar-refractivity contribution is 0.207. The van der Waals surface area contributed by atoms with E-state index in [1.807, 2.05) is 6.07 Å². The normalized spacial score (nSPS) is 17.8. The molecule has 4 nitrogen and oxygen atoms in total. The lowest BCUT2D eigenvalue weighted by Crippen LogP contribution is -2.33. The molecule has 1 heterocycles. The topological polar surface area (TPSA) is 43.4 Å². The van der Waals surface area contributed by atoms with Crippen molar-refractivity contribution in [2.24, 2.45) is 5.41 Å². The molecule has 0 unspecified atom stereocenters. The van der Waals surface area contributed by atoms with Gasteiger partial charge in [0.05, 0.1) is 19.9 Å². The third-order valence-corrected chi connectivity index (χ3v) is 4.27.